The van der Waals surface area contributed by atoms with Gasteiger partial charge in [-0.2, -0.15) is 0 Å². The molecular formula is C8H9S+. The maximum atomic E-state index is 5.63. The summed E-state index contributed by atoms with van der Waals surface area (Å²) in [5.74, 6) is 0. The van der Waals surface area contributed by atoms with Crippen molar-refractivity contribution in [2.24, 2.45) is 0 Å². The molecule has 0 saturated carbocycles. The Morgan fingerprint density at radius 3 is 2.89 bits per heavy atom. The maximum Gasteiger partial charge on any atom is 0.194 e. The van der Waals surface area contributed by atoms with Gasteiger partial charge in [0, 0.05) is 13.0 Å². The van der Waals surface area contributed by atoms with E-state index in [1.807, 2.05) is 12.3 Å². The van der Waals surface area contributed by atoms with Crippen molar-refractivity contribution in [2.45, 2.75) is 6.42 Å². The van der Waals surface area contributed by atoms with Crippen LogP contribution >= 0.6 is 11.8 Å². The zero-order valence-corrected chi connectivity index (χ0v) is 6.24. The number of hydrogen-bond acceptors (Lipinski definition) is 1. The molecule has 0 spiro atoms. The van der Waals surface area contributed by atoms with Gasteiger partial charge in [0.05, 0.1) is 6.08 Å². The molecule has 0 saturated heterocycles. The van der Waals surface area contributed by atoms with Gasteiger partial charge in [-0.3, -0.25) is 0 Å². The molecule has 0 N–H and O–H groups in total. The Labute approximate surface area is 60.3 Å². The molecule has 0 aromatic rings. The Bertz CT molecular complexity index is 175. The van der Waals surface area contributed by atoms with Gasteiger partial charge in [-0.15, -0.1) is 0 Å². The highest BCUT2D eigenvalue weighted by Crippen LogP contribution is 2.24. The molecular weight excluding hydrogens is 128 g/mol. The quantitative estimate of drug-likeness (QED) is 0.500. The summed E-state index contributed by atoms with van der Waals surface area (Å²) in [4.78, 5) is 1.21. The molecule has 1 heteroatoms. The van der Waals surface area contributed by atoms with Gasteiger partial charge >= 0.3 is 0 Å². The van der Waals surface area contributed by atoms with Crippen LogP contribution in [0.25, 0.3) is 0 Å². The summed E-state index contributed by atoms with van der Waals surface area (Å²) in [6.07, 6.45) is 9.23. The van der Waals surface area contributed by atoms with Crippen LogP contribution in [0.3, 0.4) is 0 Å². The third kappa shape index (κ3) is 1.44. The van der Waals surface area contributed by atoms with Crippen LogP contribution in [0.5, 0.6) is 0 Å². The summed E-state index contributed by atoms with van der Waals surface area (Å²) in [6, 6.07) is 0. The van der Waals surface area contributed by atoms with E-state index in [1.165, 1.54) is 4.91 Å². The topological polar surface area (TPSA) is 0 Å². The molecule has 0 bridgehead atoms. The molecule has 1 aliphatic rings. The lowest BCUT2D eigenvalue weighted by atomic mass is 10.1. The average Bonchev–Trinajstić information content (AvgIpc) is 1.89. The zero-order chi connectivity index (χ0) is 6.69. The van der Waals surface area contributed by atoms with Crippen LogP contribution in [0.4, 0.5) is 0 Å². The van der Waals surface area contributed by atoms with E-state index < -0.39 is 0 Å². The molecule has 0 atom stereocenters. The molecule has 0 fully saturated rings. The van der Waals surface area contributed by atoms with E-state index in [2.05, 4.69) is 12.2 Å². The summed E-state index contributed by atoms with van der Waals surface area (Å²) >= 11 is 1.70. The molecule has 0 aromatic carbocycles. The smallest absolute Gasteiger partial charge is 0.0587 e. The highest BCUT2D eigenvalue weighted by atomic mass is 32.2. The van der Waals surface area contributed by atoms with Crippen molar-refractivity contribution >= 4 is 11.8 Å². The minimum Gasteiger partial charge on any atom is -0.0587 e. The summed E-state index contributed by atoms with van der Waals surface area (Å²) in [5.41, 5.74) is 0.897. The molecule has 0 nitrogen and oxygen atoms in total. The minimum atomic E-state index is 0.897. The molecule has 1 rings (SSSR count). The summed E-state index contributed by atoms with van der Waals surface area (Å²) in [5, 5.41) is 0. The van der Waals surface area contributed by atoms with E-state index in [0.29, 0.717) is 0 Å². The van der Waals surface area contributed by atoms with Gasteiger partial charge in [0.2, 0.25) is 0 Å². The molecule has 0 unspecified atom stereocenters. The van der Waals surface area contributed by atoms with Crippen LogP contribution in [0.1, 0.15) is 6.42 Å². The fourth-order valence-electron chi connectivity index (χ4n) is 0.771. The van der Waals surface area contributed by atoms with Crippen molar-refractivity contribution in [3.8, 4) is 0 Å². The molecule has 0 heterocycles. The van der Waals surface area contributed by atoms with Crippen molar-refractivity contribution in [2.75, 3.05) is 6.26 Å². The van der Waals surface area contributed by atoms with Gasteiger partial charge in [0.15, 0.2) is 5.57 Å². The van der Waals surface area contributed by atoms with Crippen molar-refractivity contribution in [1.29, 1.82) is 0 Å². The summed E-state index contributed by atoms with van der Waals surface area (Å²) in [7, 11) is 0. The first-order valence-electron chi connectivity index (χ1n) is 2.88. The van der Waals surface area contributed by atoms with Crippen LogP contribution < -0.4 is 0 Å². The van der Waals surface area contributed by atoms with Crippen LogP contribution in [0.15, 0.2) is 28.7 Å². The molecule has 9 heavy (non-hydrogen) atoms. The Hall–Kier alpha value is -0.520. The van der Waals surface area contributed by atoms with E-state index in [-0.39, 0.29) is 0 Å². The lowest BCUT2D eigenvalue weighted by Gasteiger charge is -1.95. The van der Waals surface area contributed by atoms with Crippen LogP contribution in [-0.4, -0.2) is 6.26 Å². The Balaban J connectivity index is 2.71. The lowest BCUT2D eigenvalue weighted by Crippen LogP contribution is -1.83. The normalized spacial score (nSPS) is 17.8. The van der Waals surface area contributed by atoms with Crippen LogP contribution in [0.2, 0.25) is 0 Å². The van der Waals surface area contributed by atoms with E-state index in [9.17, 15) is 0 Å². The highest BCUT2D eigenvalue weighted by Gasteiger charge is 2.10. The van der Waals surface area contributed by atoms with E-state index in [0.717, 1.165) is 12.0 Å². The third-order valence-electron chi connectivity index (χ3n) is 1.24. The standard InChI is InChI=1S/C8H9S/c1-7-5-3-4-6-8(7)9-2/h1,3,5-6H,4H2,2H3/q+1. The summed E-state index contributed by atoms with van der Waals surface area (Å²) < 4.78 is 0. The minimum absolute atomic E-state index is 0.897. The van der Waals surface area contributed by atoms with Crippen molar-refractivity contribution < 1.29 is 0 Å². The van der Waals surface area contributed by atoms with E-state index in [1.54, 1.807) is 11.8 Å². The fourth-order valence-corrected chi connectivity index (χ4v) is 1.34. The van der Waals surface area contributed by atoms with Crippen molar-refractivity contribution in [3.05, 3.63) is 35.3 Å². The van der Waals surface area contributed by atoms with Crippen molar-refractivity contribution in [3.63, 3.8) is 0 Å². The molecule has 0 aromatic heterocycles. The number of hydrogen-bond donors (Lipinski definition) is 0. The van der Waals surface area contributed by atoms with Crippen LogP contribution in [0, 0.1) is 6.58 Å². The molecule has 1 aliphatic carbocycles. The molecule has 0 aliphatic heterocycles. The second-order valence-corrected chi connectivity index (χ2v) is 2.71. The monoisotopic (exact) mass is 137 g/mol. The first-order valence-corrected chi connectivity index (χ1v) is 4.10. The Morgan fingerprint density at radius 2 is 2.44 bits per heavy atom. The Kier molecular flexibility index (Phi) is 2.10. The van der Waals surface area contributed by atoms with Crippen LogP contribution in [-0.2, 0) is 0 Å². The molecule has 46 valence electrons. The van der Waals surface area contributed by atoms with Gasteiger partial charge in [-0.25, -0.2) is 0 Å². The number of rotatable bonds is 1. The SMILES string of the molecule is [CH+]=C1C=CCC=C1SC. The number of allylic oxidation sites excluding steroid dienone is 4. The Morgan fingerprint density at radius 1 is 1.67 bits per heavy atom. The first kappa shape index (κ1) is 6.60. The fraction of sp³-hybridized carbons (Fsp3) is 0.250. The average molecular weight is 137 g/mol. The maximum absolute atomic E-state index is 5.63. The summed E-state index contributed by atoms with van der Waals surface area (Å²) in [6.45, 7) is 5.63. The second kappa shape index (κ2) is 2.86. The van der Waals surface area contributed by atoms with Gasteiger partial charge in [0.1, 0.15) is 4.91 Å². The number of thioether (sulfide) groups is 1. The van der Waals surface area contributed by atoms with E-state index in [4.69, 9.17) is 6.58 Å². The van der Waals surface area contributed by atoms with Crippen molar-refractivity contribution in [1.82, 2.24) is 0 Å². The van der Waals surface area contributed by atoms with Gasteiger partial charge in [-0.05, 0) is 18.4 Å². The second-order valence-electron chi connectivity index (χ2n) is 1.87. The van der Waals surface area contributed by atoms with Gasteiger partial charge in [0.25, 0.3) is 0 Å². The third-order valence-corrected chi connectivity index (χ3v) is 2.08. The predicted molar refractivity (Wildman–Crippen MR) is 43.2 cm³/mol. The largest absolute Gasteiger partial charge is 0.194 e. The molecule has 0 amide bonds. The van der Waals surface area contributed by atoms with Gasteiger partial charge < -0.3 is 0 Å². The lowest BCUT2D eigenvalue weighted by molar-refractivity contribution is 1.33. The highest BCUT2D eigenvalue weighted by molar-refractivity contribution is 8.02. The first-order chi connectivity index (χ1) is 4.34. The van der Waals surface area contributed by atoms with Gasteiger partial charge in [-0.1, -0.05) is 11.8 Å². The zero-order valence-electron chi connectivity index (χ0n) is 5.42. The predicted octanol–water partition coefficient (Wildman–Crippen LogP) is 2.55. The van der Waals surface area contributed by atoms with E-state index >= 15 is 0 Å². The molecule has 0 radical (unpaired) electrons.